The Morgan fingerprint density at radius 1 is 0.521 bits per heavy atom. The van der Waals surface area contributed by atoms with Gasteiger partial charge >= 0.3 is 0 Å². The molecule has 0 spiro atoms. The minimum Gasteiger partial charge on any atom is -0.309 e. The first kappa shape index (κ1) is 28.0. The van der Waals surface area contributed by atoms with Crippen LogP contribution in [0.2, 0.25) is 0 Å². The first-order chi connectivity index (χ1) is 23.8. The second-order valence-corrected chi connectivity index (χ2v) is 13.0. The van der Waals surface area contributed by atoms with Crippen LogP contribution in [-0.4, -0.2) is 4.57 Å². The molecule has 0 N–H and O–H groups in total. The SMILES string of the molecule is N#Cc1cc(-c2ccc3sccc3c2)c2c(c1)c1c(-c3ccccc3)c(-c3ccccc3)c(-c3ccccc3)cc1n2-c1ccccc1. The summed E-state index contributed by atoms with van der Waals surface area (Å²) in [5.41, 5.74) is 13.0. The lowest BCUT2D eigenvalue weighted by Crippen LogP contribution is -1.97. The Morgan fingerprint density at radius 3 is 1.81 bits per heavy atom. The molecule has 0 aliphatic rings. The van der Waals surface area contributed by atoms with Gasteiger partial charge in [-0.25, -0.2) is 0 Å². The summed E-state index contributed by atoms with van der Waals surface area (Å²) in [4.78, 5) is 0. The molecule has 0 atom stereocenters. The molecule has 0 aliphatic heterocycles. The molecule has 0 radical (unpaired) electrons. The number of hydrogen-bond donors (Lipinski definition) is 0. The van der Waals surface area contributed by atoms with Gasteiger partial charge in [0.15, 0.2) is 0 Å². The molecule has 48 heavy (non-hydrogen) atoms. The predicted octanol–water partition coefficient (Wildman–Crippen LogP) is 12.5. The van der Waals surface area contributed by atoms with Crippen molar-refractivity contribution in [2.24, 2.45) is 0 Å². The zero-order chi connectivity index (χ0) is 32.0. The first-order valence-corrected chi connectivity index (χ1v) is 16.9. The Hall–Kier alpha value is -6.21. The Morgan fingerprint density at radius 2 is 1.15 bits per heavy atom. The van der Waals surface area contributed by atoms with E-state index in [4.69, 9.17) is 0 Å². The monoisotopic (exact) mass is 628 g/mol. The third-order valence-corrected chi connectivity index (χ3v) is 10.2. The van der Waals surface area contributed by atoms with Crippen LogP contribution in [0.5, 0.6) is 0 Å². The molecule has 0 fully saturated rings. The summed E-state index contributed by atoms with van der Waals surface area (Å²) in [6.07, 6.45) is 0. The van der Waals surface area contributed by atoms with E-state index in [1.807, 2.05) is 0 Å². The molecule has 0 amide bonds. The van der Waals surface area contributed by atoms with Crippen molar-refractivity contribution < 1.29 is 0 Å². The summed E-state index contributed by atoms with van der Waals surface area (Å²) in [6.45, 7) is 0. The van der Waals surface area contributed by atoms with Crippen molar-refractivity contribution in [1.29, 1.82) is 5.26 Å². The Balaban J connectivity index is 1.56. The lowest BCUT2D eigenvalue weighted by Gasteiger charge is -2.19. The lowest BCUT2D eigenvalue weighted by atomic mass is 9.84. The molecule has 2 nitrogen and oxygen atoms in total. The highest BCUT2D eigenvalue weighted by Gasteiger charge is 2.26. The second kappa shape index (κ2) is 11.5. The molecule has 0 bridgehead atoms. The van der Waals surface area contributed by atoms with Gasteiger partial charge in [0.05, 0.1) is 22.7 Å². The highest BCUT2D eigenvalue weighted by atomic mass is 32.1. The van der Waals surface area contributed by atoms with Gasteiger partial charge in [-0.05, 0) is 92.7 Å². The van der Waals surface area contributed by atoms with Crippen molar-refractivity contribution in [3.8, 4) is 56.3 Å². The van der Waals surface area contributed by atoms with Crippen LogP contribution in [0.3, 0.4) is 0 Å². The van der Waals surface area contributed by atoms with Crippen molar-refractivity contribution in [3.63, 3.8) is 0 Å². The van der Waals surface area contributed by atoms with E-state index in [0.29, 0.717) is 5.56 Å². The summed E-state index contributed by atoms with van der Waals surface area (Å²) in [6, 6.07) is 60.6. The van der Waals surface area contributed by atoms with Gasteiger partial charge in [0.1, 0.15) is 0 Å². The average molecular weight is 629 g/mol. The summed E-state index contributed by atoms with van der Waals surface area (Å²) in [7, 11) is 0. The summed E-state index contributed by atoms with van der Waals surface area (Å²) in [5.74, 6) is 0. The zero-order valence-electron chi connectivity index (χ0n) is 26.0. The van der Waals surface area contributed by atoms with Crippen molar-refractivity contribution in [2.45, 2.75) is 0 Å². The van der Waals surface area contributed by atoms with Crippen LogP contribution >= 0.6 is 11.3 Å². The average Bonchev–Trinajstić information content (AvgIpc) is 3.77. The number of fused-ring (bicyclic) bond motifs is 4. The van der Waals surface area contributed by atoms with Gasteiger partial charge in [-0.3, -0.25) is 0 Å². The van der Waals surface area contributed by atoms with Crippen LogP contribution in [-0.2, 0) is 0 Å². The number of benzene rings is 7. The molecule has 224 valence electrons. The van der Waals surface area contributed by atoms with E-state index < -0.39 is 0 Å². The minimum absolute atomic E-state index is 0.641. The van der Waals surface area contributed by atoms with Crippen molar-refractivity contribution in [3.05, 3.63) is 175 Å². The van der Waals surface area contributed by atoms with Crippen molar-refractivity contribution >= 4 is 43.2 Å². The summed E-state index contributed by atoms with van der Waals surface area (Å²) >= 11 is 1.75. The van der Waals surface area contributed by atoms with Gasteiger partial charge in [-0.15, -0.1) is 11.3 Å². The van der Waals surface area contributed by atoms with Crippen LogP contribution in [0.25, 0.3) is 82.1 Å². The van der Waals surface area contributed by atoms with E-state index in [2.05, 4.69) is 180 Å². The van der Waals surface area contributed by atoms with Gasteiger partial charge in [0.25, 0.3) is 0 Å². The molecule has 3 heteroatoms. The quantitative estimate of drug-likeness (QED) is 0.186. The fourth-order valence-electron chi connectivity index (χ4n) is 7.21. The predicted molar refractivity (Wildman–Crippen MR) is 203 cm³/mol. The van der Waals surface area contributed by atoms with Crippen LogP contribution in [0, 0.1) is 11.3 Å². The van der Waals surface area contributed by atoms with Gasteiger partial charge < -0.3 is 4.57 Å². The number of aromatic nitrogens is 1. The summed E-state index contributed by atoms with van der Waals surface area (Å²) < 4.78 is 3.66. The molecule has 2 heterocycles. The molecule has 0 saturated heterocycles. The lowest BCUT2D eigenvalue weighted by molar-refractivity contribution is 1.18. The fourth-order valence-corrected chi connectivity index (χ4v) is 7.98. The fraction of sp³-hybridized carbons (Fsp3) is 0. The smallest absolute Gasteiger partial charge is 0.0992 e. The Kier molecular flexibility index (Phi) is 6.75. The number of para-hydroxylation sites is 1. The van der Waals surface area contributed by atoms with Crippen LogP contribution in [0.1, 0.15) is 5.56 Å². The molecule has 9 rings (SSSR count). The maximum atomic E-state index is 10.5. The Labute approximate surface area is 283 Å². The maximum absolute atomic E-state index is 10.5. The third-order valence-electron chi connectivity index (χ3n) is 9.27. The van der Waals surface area contributed by atoms with Crippen LogP contribution < -0.4 is 0 Å². The van der Waals surface area contributed by atoms with Crippen LogP contribution in [0.4, 0.5) is 0 Å². The van der Waals surface area contributed by atoms with E-state index in [0.717, 1.165) is 66.4 Å². The molecule has 2 aromatic heterocycles. The molecule has 7 aromatic carbocycles. The molecule has 9 aromatic rings. The van der Waals surface area contributed by atoms with Gasteiger partial charge in [-0.1, -0.05) is 115 Å². The topological polar surface area (TPSA) is 28.7 Å². The maximum Gasteiger partial charge on any atom is 0.0992 e. The van der Waals surface area contributed by atoms with Crippen LogP contribution in [0.15, 0.2) is 169 Å². The van der Waals surface area contributed by atoms with Gasteiger partial charge in [-0.2, -0.15) is 5.26 Å². The van der Waals surface area contributed by atoms with E-state index in [9.17, 15) is 5.26 Å². The third kappa shape index (κ3) is 4.54. The summed E-state index contributed by atoms with van der Waals surface area (Å²) in [5, 5.41) is 16.0. The molecular weight excluding hydrogens is 601 g/mol. The highest BCUT2D eigenvalue weighted by molar-refractivity contribution is 7.17. The van der Waals surface area contributed by atoms with E-state index in [1.165, 1.54) is 15.6 Å². The zero-order valence-corrected chi connectivity index (χ0v) is 26.8. The standard InChI is InChI=1S/C45H28N2S/c46-29-30-25-38(34-21-22-41-35(27-34)23-24-48-41)45-39(26-30)44-40(47(45)36-19-11-4-12-20-36)28-37(31-13-5-1-6-14-31)42(32-15-7-2-8-16-32)43(44)33-17-9-3-10-18-33/h1-28H. The second-order valence-electron chi connectivity index (χ2n) is 12.0. The highest BCUT2D eigenvalue weighted by Crippen LogP contribution is 2.50. The Bertz CT molecular complexity index is 2640. The molecule has 0 saturated carbocycles. The number of thiophene rings is 1. The normalized spacial score (nSPS) is 11.3. The first-order valence-electron chi connectivity index (χ1n) is 16.1. The van der Waals surface area contributed by atoms with Gasteiger partial charge in [0.2, 0.25) is 0 Å². The van der Waals surface area contributed by atoms with Crippen molar-refractivity contribution in [1.82, 2.24) is 4.57 Å². The van der Waals surface area contributed by atoms with Crippen molar-refractivity contribution in [2.75, 3.05) is 0 Å². The molecule has 0 unspecified atom stereocenters. The largest absolute Gasteiger partial charge is 0.309 e. The van der Waals surface area contributed by atoms with Gasteiger partial charge in [0, 0.05) is 32.3 Å². The number of nitrogens with zero attached hydrogens (tertiary/aromatic N) is 2. The van der Waals surface area contributed by atoms with E-state index in [1.54, 1.807) is 11.3 Å². The number of hydrogen-bond acceptors (Lipinski definition) is 2. The molecular formula is C45H28N2S. The van der Waals surface area contributed by atoms with E-state index >= 15 is 0 Å². The van der Waals surface area contributed by atoms with E-state index in [-0.39, 0.29) is 0 Å². The number of rotatable bonds is 5. The molecule has 0 aliphatic carbocycles. The minimum atomic E-state index is 0.641. The number of nitriles is 1.